The summed E-state index contributed by atoms with van der Waals surface area (Å²) < 4.78 is 0. The lowest BCUT2D eigenvalue weighted by atomic mass is 9.64. The highest BCUT2D eigenvalue weighted by Gasteiger charge is 2.35. The highest BCUT2D eigenvalue weighted by Crippen LogP contribution is 2.49. The van der Waals surface area contributed by atoms with E-state index in [1.54, 1.807) is 11.1 Å². The summed E-state index contributed by atoms with van der Waals surface area (Å²) in [6.07, 6.45) is 5.51. The molecule has 0 spiro atoms. The SMILES string of the molecule is C=C(C)C1=C(C(=C)C)C2CCC1CC2.CC.CC. The van der Waals surface area contributed by atoms with Crippen LogP contribution in [0.1, 0.15) is 67.2 Å². The molecule has 1 fully saturated rings. The Morgan fingerprint density at radius 2 is 0.944 bits per heavy atom. The number of rotatable bonds is 2. The van der Waals surface area contributed by atoms with Gasteiger partial charge in [-0.1, -0.05) is 52.0 Å². The van der Waals surface area contributed by atoms with Gasteiger partial charge in [0.1, 0.15) is 0 Å². The van der Waals surface area contributed by atoms with Gasteiger partial charge in [0.15, 0.2) is 0 Å². The van der Waals surface area contributed by atoms with Crippen LogP contribution < -0.4 is 0 Å². The van der Waals surface area contributed by atoms with E-state index in [4.69, 9.17) is 0 Å². The Hall–Kier alpha value is -0.780. The van der Waals surface area contributed by atoms with Gasteiger partial charge >= 0.3 is 0 Å². The van der Waals surface area contributed by atoms with Crippen LogP contribution in [0.2, 0.25) is 0 Å². The van der Waals surface area contributed by atoms with Gasteiger partial charge in [-0.3, -0.25) is 0 Å². The molecular weight excluding hydrogens is 216 g/mol. The van der Waals surface area contributed by atoms with E-state index in [0.29, 0.717) is 0 Å². The van der Waals surface area contributed by atoms with Crippen molar-refractivity contribution in [1.29, 1.82) is 0 Å². The average Bonchev–Trinajstić information content (AvgIpc) is 2.43. The molecule has 3 aliphatic rings. The molecule has 0 nitrogen and oxygen atoms in total. The van der Waals surface area contributed by atoms with Crippen LogP contribution in [0.15, 0.2) is 35.5 Å². The topological polar surface area (TPSA) is 0 Å². The molecule has 0 aromatic rings. The largest absolute Gasteiger partial charge is 0.0958 e. The predicted octanol–water partition coefficient (Wildman–Crippen LogP) is 6.31. The van der Waals surface area contributed by atoms with Crippen LogP contribution in [-0.4, -0.2) is 0 Å². The molecule has 0 heterocycles. The first-order valence-electron chi connectivity index (χ1n) is 7.67. The highest BCUT2D eigenvalue weighted by atomic mass is 14.4. The Morgan fingerprint density at radius 1 is 0.722 bits per heavy atom. The third kappa shape index (κ3) is 3.60. The molecule has 0 amide bonds. The van der Waals surface area contributed by atoms with Gasteiger partial charge < -0.3 is 0 Å². The van der Waals surface area contributed by atoms with Crippen LogP contribution in [0.5, 0.6) is 0 Å². The molecule has 0 N–H and O–H groups in total. The lowest BCUT2D eigenvalue weighted by Gasteiger charge is -2.41. The van der Waals surface area contributed by atoms with Gasteiger partial charge in [-0.25, -0.2) is 0 Å². The number of fused-ring (bicyclic) bond motifs is 2. The van der Waals surface area contributed by atoms with Gasteiger partial charge in [0.2, 0.25) is 0 Å². The van der Waals surface area contributed by atoms with Crippen molar-refractivity contribution in [3.63, 3.8) is 0 Å². The van der Waals surface area contributed by atoms with E-state index >= 15 is 0 Å². The van der Waals surface area contributed by atoms with Crippen molar-refractivity contribution < 1.29 is 0 Å². The number of allylic oxidation sites excluding steroid dienone is 4. The van der Waals surface area contributed by atoms with Gasteiger partial charge in [0.05, 0.1) is 0 Å². The second-order valence-electron chi connectivity index (χ2n) is 4.94. The summed E-state index contributed by atoms with van der Waals surface area (Å²) >= 11 is 0. The maximum absolute atomic E-state index is 4.13. The fourth-order valence-electron chi connectivity index (χ4n) is 3.27. The summed E-state index contributed by atoms with van der Waals surface area (Å²) in [5.41, 5.74) is 5.66. The smallest absolute Gasteiger partial charge is 0.0156 e. The first-order valence-corrected chi connectivity index (χ1v) is 7.67. The van der Waals surface area contributed by atoms with Crippen molar-refractivity contribution in [2.45, 2.75) is 67.2 Å². The second kappa shape index (κ2) is 8.34. The van der Waals surface area contributed by atoms with E-state index in [-0.39, 0.29) is 0 Å². The zero-order valence-electron chi connectivity index (χ0n) is 13.4. The maximum atomic E-state index is 4.13. The molecular formula is C18H32. The van der Waals surface area contributed by atoms with E-state index in [0.717, 1.165) is 11.8 Å². The summed E-state index contributed by atoms with van der Waals surface area (Å²) in [5, 5.41) is 0. The predicted molar refractivity (Wildman–Crippen MR) is 84.8 cm³/mol. The van der Waals surface area contributed by atoms with Crippen molar-refractivity contribution in [2.75, 3.05) is 0 Å². The van der Waals surface area contributed by atoms with Crippen LogP contribution in [0.4, 0.5) is 0 Å². The van der Waals surface area contributed by atoms with Gasteiger partial charge in [-0.15, -0.1) is 0 Å². The Labute approximate surface area is 115 Å². The summed E-state index contributed by atoms with van der Waals surface area (Å²) in [5.74, 6) is 1.59. The van der Waals surface area contributed by atoms with E-state index in [9.17, 15) is 0 Å². The van der Waals surface area contributed by atoms with Crippen LogP contribution >= 0.6 is 0 Å². The molecule has 0 unspecified atom stereocenters. The summed E-state index contributed by atoms with van der Waals surface area (Å²) in [4.78, 5) is 0. The van der Waals surface area contributed by atoms with E-state index in [1.165, 1.54) is 36.8 Å². The molecule has 18 heavy (non-hydrogen) atoms. The van der Waals surface area contributed by atoms with E-state index < -0.39 is 0 Å². The monoisotopic (exact) mass is 248 g/mol. The van der Waals surface area contributed by atoms with E-state index in [2.05, 4.69) is 27.0 Å². The van der Waals surface area contributed by atoms with Crippen molar-refractivity contribution in [3.8, 4) is 0 Å². The molecule has 0 aliphatic heterocycles. The number of hydrogen-bond acceptors (Lipinski definition) is 0. The molecule has 2 bridgehead atoms. The zero-order valence-corrected chi connectivity index (χ0v) is 13.4. The van der Waals surface area contributed by atoms with Crippen molar-refractivity contribution in [1.82, 2.24) is 0 Å². The first kappa shape index (κ1) is 17.2. The fourth-order valence-corrected chi connectivity index (χ4v) is 3.27. The van der Waals surface area contributed by atoms with Gasteiger partial charge in [-0.05, 0) is 62.5 Å². The molecule has 0 radical (unpaired) electrons. The van der Waals surface area contributed by atoms with Crippen LogP contribution in [0.3, 0.4) is 0 Å². The Balaban J connectivity index is 0.000000659. The fraction of sp³-hybridized carbons (Fsp3) is 0.667. The Morgan fingerprint density at radius 3 is 1.11 bits per heavy atom. The number of hydrogen-bond donors (Lipinski definition) is 0. The van der Waals surface area contributed by atoms with Gasteiger partial charge in [-0.2, -0.15) is 0 Å². The summed E-state index contributed by atoms with van der Waals surface area (Å²) in [6.45, 7) is 20.6. The normalized spacial score (nSPS) is 24.6. The molecule has 0 atom stereocenters. The van der Waals surface area contributed by atoms with Crippen LogP contribution in [0, 0.1) is 11.8 Å². The third-order valence-corrected chi connectivity index (χ3v) is 3.75. The second-order valence-corrected chi connectivity index (χ2v) is 4.94. The molecule has 104 valence electrons. The standard InChI is InChI=1S/C14H20.2C2H6/c1-9(2)13-11-5-7-12(8-6-11)14(13)10(3)4;2*1-2/h11-12H,1,3,5-8H2,2,4H3;2*1-2H3. The minimum Gasteiger partial charge on any atom is -0.0958 e. The molecule has 0 heteroatoms. The molecule has 1 saturated carbocycles. The van der Waals surface area contributed by atoms with Crippen LogP contribution in [0.25, 0.3) is 0 Å². The summed E-state index contributed by atoms with van der Waals surface area (Å²) in [6, 6.07) is 0. The lowest BCUT2D eigenvalue weighted by Crippen LogP contribution is -2.27. The molecule has 0 aromatic heterocycles. The summed E-state index contributed by atoms with van der Waals surface area (Å²) in [7, 11) is 0. The van der Waals surface area contributed by atoms with E-state index in [1.807, 2.05) is 27.7 Å². The zero-order chi connectivity index (χ0) is 14.3. The third-order valence-electron chi connectivity index (χ3n) is 3.75. The van der Waals surface area contributed by atoms with Crippen molar-refractivity contribution in [2.24, 2.45) is 11.8 Å². The van der Waals surface area contributed by atoms with Crippen molar-refractivity contribution in [3.05, 3.63) is 35.5 Å². The van der Waals surface area contributed by atoms with Crippen LogP contribution in [-0.2, 0) is 0 Å². The molecule has 3 aliphatic carbocycles. The minimum atomic E-state index is 0.796. The first-order chi connectivity index (χ1) is 8.61. The Bertz CT molecular complexity index is 277. The molecule has 0 aromatic carbocycles. The molecule has 3 rings (SSSR count). The van der Waals surface area contributed by atoms with Gasteiger partial charge in [0.25, 0.3) is 0 Å². The highest BCUT2D eigenvalue weighted by molar-refractivity contribution is 5.47. The Kier molecular flexibility index (Phi) is 7.98. The minimum absolute atomic E-state index is 0.796. The maximum Gasteiger partial charge on any atom is -0.0156 e. The van der Waals surface area contributed by atoms with Gasteiger partial charge in [0, 0.05) is 0 Å². The lowest BCUT2D eigenvalue weighted by molar-refractivity contribution is 0.301. The molecule has 0 saturated heterocycles. The van der Waals surface area contributed by atoms with Crippen molar-refractivity contribution >= 4 is 0 Å². The quantitative estimate of drug-likeness (QED) is 0.537. The average molecular weight is 248 g/mol.